The summed E-state index contributed by atoms with van der Waals surface area (Å²) in [5.41, 5.74) is 2.69. The van der Waals surface area contributed by atoms with E-state index in [4.69, 9.17) is 16.3 Å². The van der Waals surface area contributed by atoms with Crippen molar-refractivity contribution in [2.45, 2.75) is 33.4 Å². The van der Waals surface area contributed by atoms with E-state index in [9.17, 15) is 14.4 Å². The normalized spacial score (nSPS) is 13.2. The molecule has 35 heavy (non-hydrogen) atoms. The number of rotatable bonds is 4. The molecule has 0 atom stereocenters. The summed E-state index contributed by atoms with van der Waals surface area (Å²) >= 11 is 7.45. The lowest BCUT2D eigenvalue weighted by molar-refractivity contribution is 0.103. The van der Waals surface area contributed by atoms with Gasteiger partial charge in [-0.1, -0.05) is 41.4 Å². The minimum absolute atomic E-state index is 0.302. The number of aryl methyl sites for hydroxylation is 1. The van der Waals surface area contributed by atoms with Gasteiger partial charge in [-0.15, -0.1) is 11.3 Å². The summed E-state index contributed by atoms with van der Waals surface area (Å²) in [5, 5.41) is 1.06. The van der Waals surface area contributed by atoms with Gasteiger partial charge in [0.1, 0.15) is 4.83 Å². The molecule has 5 rings (SSSR count). The summed E-state index contributed by atoms with van der Waals surface area (Å²) in [7, 11) is 0. The van der Waals surface area contributed by atoms with Gasteiger partial charge in [0.05, 0.1) is 30.8 Å². The second kappa shape index (κ2) is 9.36. The number of aromatic nitrogens is 2. The Morgan fingerprint density at radius 2 is 1.80 bits per heavy atom. The van der Waals surface area contributed by atoms with Crippen LogP contribution in [0.4, 0.5) is 4.79 Å². The number of thiophene rings is 1. The van der Waals surface area contributed by atoms with Gasteiger partial charge in [0, 0.05) is 16.4 Å². The molecule has 7 nitrogen and oxygen atoms in total. The third-order valence-electron chi connectivity index (χ3n) is 6.19. The number of ether oxygens (including phenoxy) is 1. The lowest BCUT2D eigenvalue weighted by atomic mass is 10.1. The zero-order valence-corrected chi connectivity index (χ0v) is 21.0. The highest BCUT2D eigenvalue weighted by Gasteiger charge is 2.29. The van der Waals surface area contributed by atoms with Crippen molar-refractivity contribution < 1.29 is 9.53 Å². The molecule has 2 aromatic heterocycles. The van der Waals surface area contributed by atoms with E-state index >= 15 is 0 Å². The second-order valence-corrected chi connectivity index (χ2v) is 10.0. The number of carbonyl (C=O) groups is 1. The van der Waals surface area contributed by atoms with Gasteiger partial charge in [0.2, 0.25) is 0 Å². The summed E-state index contributed by atoms with van der Waals surface area (Å²) < 4.78 is 8.05. The predicted molar refractivity (Wildman–Crippen MR) is 138 cm³/mol. The lowest BCUT2D eigenvalue weighted by Crippen LogP contribution is -2.39. The Labute approximate surface area is 210 Å². The predicted octanol–water partition coefficient (Wildman–Crippen LogP) is 4.74. The molecule has 3 heterocycles. The molecule has 0 bridgehead atoms. The van der Waals surface area contributed by atoms with Crippen molar-refractivity contribution in [3.63, 3.8) is 0 Å². The van der Waals surface area contributed by atoms with Gasteiger partial charge < -0.3 is 9.64 Å². The number of hydrogen-bond donors (Lipinski definition) is 0. The fourth-order valence-electron chi connectivity index (χ4n) is 4.41. The maximum Gasteiger partial charge on any atom is 0.410 e. The molecule has 0 fully saturated rings. The average Bonchev–Trinajstić information content (AvgIpc) is 3.23. The van der Waals surface area contributed by atoms with Crippen molar-refractivity contribution in [3.05, 3.63) is 96.0 Å². The Balaban J connectivity index is 1.72. The summed E-state index contributed by atoms with van der Waals surface area (Å²) in [6.07, 6.45) is 0.151. The molecule has 0 saturated carbocycles. The quantitative estimate of drug-likeness (QED) is 0.398. The first-order valence-corrected chi connectivity index (χ1v) is 12.6. The van der Waals surface area contributed by atoms with Gasteiger partial charge in [0.15, 0.2) is 0 Å². The third-order valence-corrected chi connectivity index (χ3v) is 7.69. The highest BCUT2D eigenvalue weighted by atomic mass is 35.5. The van der Waals surface area contributed by atoms with E-state index in [1.807, 2.05) is 31.2 Å². The highest BCUT2D eigenvalue weighted by Crippen LogP contribution is 2.33. The Bertz CT molecular complexity index is 1530. The third kappa shape index (κ3) is 4.28. The minimum Gasteiger partial charge on any atom is -0.450 e. The van der Waals surface area contributed by atoms with Crippen LogP contribution in [0.15, 0.2) is 58.1 Å². The highest BCUT2D eigenvalue weighted by molar-refractivity contribution is 7.18. The van der Waals surface area contributed by atoms with Gasteiger partial charge in [0.25, 0.3) is 5.56 Å². The molecule has 0 N–H and O–H groups in total. The van der Waals surface area contributed by atoms with Crippen LogP contribution in [0.2, 0.25) is 5.02 Å². The van der Waals surface area contributed by atoms with E-state index < -0.39 is 5.69 Å². The van der Waals surface area contributed by atoms with Gasteiger partial charge >= 0.3 is 11.8 Å². The molecular weight excluding hydrogens is 486 g/mol. The molecule has 1 amide bonds. The van der Waals surface area contributed by atoms with E-state index in [-0.39, 0.29) is 11.7 Å². The van der Waals surface area contributed by atoms with Crippen LogP contribution in [0.5, 0.6) is 0 Å². The van der Waals surface area contributed by atoms with E-state index in [0.717, 1.165) is 21.6 Å². The summed E-state index contributed by atoms with van der Waals surface area (Å²) in [6, 6.07) is 14.7. The largest absolute Gasteiger partial charge is 0.450 e. The zero-order valence-electron chi connectivity index (χ0n) is 19.4. The molecule has 180 valence electrons. The summed E-state index contributed by atoms with van der Waals surface area (Å²) in [5.74, 6) is 0. The van der Waals surface area contributed by atoms with Crippen LogP contribution >= 0.6 is 22.9 Å². The topological polar surface area (TPSA) is 73.5 Å². The molecule has 1 aliphatic heterocycles. The number of fused-ring (bicyclic) bond motifs is 3. The van der Waals surface area contributed by atoms with Gasteiger partial charge in [-0.2, -0.15) is 0 Å². The summed E-state index contributed by atoms with van der Waals surface area (Å²) in [4.78, 5) is 43.0. The monoisotopic (exact) mass is 509 g/mol. The van der Waals surface area contributed by atoms with E-state index in [1.54, 1.807) is 40.7 Å². The maximum absolute atomic E-state index is 13.8. The molecule has 0 spiro atoms. The molecule has 0 radical (unpaired) electrons. The van der Waals surface area contributed by atoms with E-state index in [1.165, 1.54) is 15.9 Å². The first kappa shape index (κ1) is 23.4. The lowest BCUT2D eigenvalue weighted by Gasteiger charge is -2.25. The molecule has 4 aromatic rings. The number of carbonyl (C=O) groups excluding carboxylic acids is 1. The van der Waals surface area contributed by atoms with Crippen molar-refractivity contribution in [2.75, 3.05) is 13.2 Å². The van der Waals surface area contributed by atoms with Crippen LogP contribution < -0.4 is 11.2 Å². The second-order valence-electron chi connectivity index (χ2n) is 8.53. The number of amides is 1. The Morgan fingerprint density at radius 3 is 2.49 bits per heavy atom. The zero-order chi connectivity index (χ0) is 24.7. The van der Waals surface area contributed by atoms with Gasteiger partial charge in [-0.3, -0.25) is 9.36 Å². The molecular formula is C26H24ClN3O4S. The van der Waals surface area contributed by atoms with Crippen LogP contribution in [0, 0.1) is 6.92 Å². The number of nitrogens with zero attached hydrogens (tertiary/aromatic N) is 3. The Hall–Kier alpha value is -3.36. The van der Waals surface area contributed by atoms with Crippen molar-refractivity contribution in [1.29, 1.82) is 0 Å². The number of hydrogen-bond acceptors (Lipinski definition) is 5. The number of benzene rings is 2. The smallest absolute Gasteiger partial charge is 0.410 e. The summed E-state index contributed by atoms with van der Waals surface area (Å²) in [6.45, 7) is 5.22. The first-order valence-electron chi connectivity index (χ1n) is 11.4. The van der Waals surface area contributed by atoms with E-state index in [2.05, 4.69) is 0 Å². The van der Waals surface area contributed by atoms with Crippen LogP contribution in [0.1, 0.15) is 28.5 Å². The molecule has 2 aromatic carbocycles. The van der Waals surface area contributed by atoms with Crippen molar-refractivity contribution in [1.82, 2.24) is 14.0 Å². The van der Waals surface area contributed by atoms with Gasteiger partial charge in [-0.25, -0.2) is 14.2 Å². The van der Waals surface area contributed by atoms with Crippen molar-refractivity contribution in [2.24, 2.45) is 0 Å². The molecule has 0 unspecified atom stereocenters. The standard InChI is InChI=1S/C26H24ClN3O4S/c1-3-34-26(33)28-13-12-20-21(15-28)35-24-22(20)23(31)30(19-10-8-18(27)9-11-19)25(32)29(24)14-17-6-4-16(2)5-7-17/h4-11H,3,12-15H2,1-2H3. The number of halogens is 1. The SMILES string of the molecule is CCOC(=O)N1CCc2c(sc3c2c(=O)n(-c2ccc(Cl)cc2)c(=O)n3Cc2ccc(C)cc2)C1. The van der Waals surface area contributed by atoms with Gasteiger partial charge in [-0.05, 0) is 55.7 Å². The fourth-order valence-corrected chi connectivity index (χ4v) is 5.88. The molecule has 0 saturated heterocycles. The van der Waals surface area contributed by atoms with Crippen LogP contribution in [0.25, 0.3) is 15.9 Å². The Kier molecular flexibility index (Phi) is 6.25. The first-order chi connectivity index (χ1) is 16.9. The minimum atomic E-state index is -0.411. The molecule has 9 heteroatoms. The van der Waals surface area contributed by atoms with E-state index in [0.29, 0.717) is 53.6 Å². The van der Waals surface area contributed by atoms with Crippen molar-refractivity contribution in [3.8, 4) is 5.69 Å². The van der Waals surface area contributed by atoms with Crippen LogP contribution in [-0.4, -0.2) is 33.3 Å². The van der Waals surface area contributed by atoms with Crippen molar-refractivity contribution >= 4 is 39.2 Å². The molecule has 1 aliphatic rings. The Morgan fingerprint density at radius 1 is 1.09 bits per heavy atom. The fraction of sp³-hybridized carbons (Fsp3) is 0.269. The molecule has 0 aliphatic carbocycles. The average molecular weight is 510 g/mol. The maximum atomic E-state index is 13.8. The van der Waals surface area contributed by atoms with Crippen LogP contribution in [-0.2, 0) is 24.2 Å². The van der Waals surface area contributed by atoms with Crippen LogP contribution in [0.3, 0.4) is 0 Å².